The summed E-state index contributed by atoms with van der Waals surface area (Å²) in [6.07, 6.45) is 4.81. The summed E-state index contributed by atoms with van der Waals surface area (Å²) < 4.78 is 5.78. The van der Waals surface area contributed by atoms with Gasteiger partial charge in [-0.05, 0) is 54.0 Å². The SMILES string of the molecule is COc1ccc(-c2ccc(C)cc2)cc1CN[C@H]1[C@H](C(C)(C)C)[C@@H](C(=O)O)N(C(=O)C2CCCCC2)[C@H]1c1ccccc1. The van der Waals surface area contributed by atoms with E-state index in [-0.39, 0.29) is 29.2 Å². The van der Waals surface area contributed by atoms with Crippen LogP contribution >= 0.6 is 0 Å². The lowest BCUT2D eigenvalue weighted by Gasteiger charge is -2.36. The highest BCUT2D eigenvalue weighted by Crippen LogP contribution is 2.49. The number of carbonyl (C=O) groups is 2. The average Bonchev–Trinajstić information content (AvgIpc) is 3.37. The Kier molecular flexibility index (Phi) is 9.26. The highest BCUT2D eigenvalue weighted by atomic mass is 16.5. The molecule has 1 aliphatic carbocycles. The Hall–Kier alpha value is -3.64. The van der Waals surface area contributed by atoms with Crippen LogP contribution in [0, 0.1) is 24.2 Å². The van der Waals surface area contributed by atoms with Gasteiger partial charge in [0.15, 0.2) is 0 Å². The van der Waals surface area contributed by atoms with Crippen molar-refractivity contribution in [2.75, 3.05) is 7.11 Å². The van der Waals surface area contributed by atoms with E-state index in [4.69, 9.17) is 4.74 Å². The van der Waals surface area contributed by atoms with Crippen LogP contribution in [0.5, 0.6) is 5.75 Å². The van der Waals surface area contributed by atoms with E-state index in [1.54, 1.807) is 12.0 Å². The van der Waals surface area contributed by atoms with Crippen molar-refractivity contribution >= 4 is 11.9 Å². The molecule has 3 aromatic rings. The molecular weight excluding hydrogens is 536 g/mol. The molecule has 1 aliphatic heterocycles. The van der Waals surface area contributed by atoms with E-state index >= 15 is 0 Å². The molecule has 1 saturated heterocycles. The number of carbonyl (C=O) groups excluding carboxylic acids is 1. The Labute approximate surface area is 256 Å². The molecule has 5 rings (SSSR count). The Morgan fingerprint density at radius 3 is 2.19 bits per heavy atom. The summed E-state index contributed by atoms with van der Waals surface area (Å²) in [5, 5.41) is 14.6. The van der Waals surface area contributed by atoms with Gasteiger partial charge in [0.2, 0.25) is 5.91 Å². The number of benzene rings is 3. The number of aryl methyl sites for hydroxylation is 1. The standard InChI is InChI=1S/C37H46N2O4/c1-24-16-18-25(19-17-24)28-20-21-30(43-5)29(22-28)23-38-32-31(37(2,3)4)34(36(41)42)39(33(32)26-12-8-6-9-13-26)35(40)27-14-10-7-11-15-27/h6,8-9,12-13,16-22,27,31-34,38H,7,10-11,14-15,23H2,1-5H3,(H,41,42)/t31-,32-,33-,34-/m0/s1. The van der Waals surface area contributed by atoms with Gasteiger partial charge < -0.3 is 20.1 Å². The second-order valence-electron chi connectivity index (χ2n) is 13.4. The first-order chi connectivity index (χ1) is 20.6. The molecule has 2 fully saturated rings. The zero-order chi connectivity index (χ0) is 30.7. The third kappa shape index (κ3) is 6.50. The average molecular weight is 583 g/mol. The summed E-state index contributed by atoms with van der Waals surface area (Å²) in [5.41, 5.74) is 4.99. The van der Waals surface area contributed by atoms with Gasteiger partial charge in [0.25, 0.3) is 0 Å². The fourth-order valence-corrected chi connectivity index (χ4v) is 7.36. The van der Waals surface area contributed by atoms with Crippen molar-refractivity contribution in [3.63, 3.8) is 0 Å². The predicted molar refractivity (Wildman–Crippen MR) is 171 cm³/mol. The minimum atomic E-state index is -0.937. The molecule has 228 valence electrons. The van der Waals surface area contributed by atoms with Gasteiger partial charge in [-0.15, -0.1) is 0 Å². The van der Waals surface area contributed by atoms with Crippen molar-refractivity contribution in [1.82, 2.24) is 10.2 Å². The second-order valence-corrected chi connectivity index (χ2v) is 13.4. The van der Waals surface area contributed by atoms with Crippen LogP contribution in [-0.2, 0) is 16.1 Å². The lowest BCUT2D eigenvalue weighted by molar-refractivity contribution is -0.154. The minimum Gasteiger partial charge on any atom is -0.496 e. The Bertz CT molecular complexity index is 1410. The van der Waals surface area contributed by atoms with Crippen LogP contribution in [0.4, 0.5) is 0 Å². The zero-order valence-corrected chi connectivity index (χ0v) is 26.2. The van der Waals surface area contributed by atoms with Gasteiger partial charge in [0, 0.05) is 30.0 Å². The third-order valence-corrected chi connectivity index (χ3v) is 9.46. The molecule has 2 aliphatic rings. The van der Waals surface area contributed by atoms with E-state index in [9.17, 15) is 14.7 Å². The van der Waals surface area contributed by atoms with Gasteiger partial charge in [0.05, 0.1) is 13.2 Å². The van der Waals surface area contributed by atoms with E-state index < -0.39 is 18.1 Å². The largest absolute Gasteiger partial charge is 0.496 e. The first kappa shape index (κ1) is 30.8. The maximum Gasteiger partial charge on any atom is 0.326 e. The molecule has 6 nitrogen and oxygen atoms in total. The summed E-state index contributed by atoms with van der Waals surface area (Å²) in [4.78, 5) is 29.2. The summed E-state index contributed by atoms with van der Waals surface area (Å²) >= 11 is 0. The fraction of sp³-hybridized carbons (Fsp3) is 0.459. The van der Waals surface area contributed by atoms with Crippen LogP contribution in [0.2, 0.25) is 0 Å². The number of nitrogens with one attached hydrogen (secondary N) is 1. The molecule has 0 bridgehead atoms. The van der Waals surface area contributed by atoms with E-state index in [0.29, 0.717) is 6.54 Å². The van der Waals surface area contributed by atoms with Crippen LogP contribution < -0.4 is 10.1 Å². The number of rotatable bonds is 8. The molecular formula is C37H46N2O4. The number of ether oxygens (including phenoxy) is 1. The number of aliphatic carboxylic acids is 1. The van der Waals surface area contributed by atoms with E-state index in [1.807, 2.05) is 36.4 Å². The second kappa shape index (κ2) is 12.9. The smallest absolute Gasteiger partial charge is 0.326 e. The Balaban J connectivity index is 1.56. The van der Waals surface area contributed by atoms with Gasteiger partial charge in [-0.25, -0.2) is 4.79 Å². The molecule has 1 amide bonds. The number of carboxylic acids is 1. The van der Waals surface area contributed by atoms with Gasteiger partial charge in [-0.1, -0.05) is 106 Å². The predicted octanol–water partition coefficient (Wildman–Crippen LogP) is 7.41. The summed E-state index contributed by atoms with van der Waals surface area (Å²) in [6.45, 7) is 8.84. The van der Waals surface area contributed by atoms with Gasteiger partial charge in [-0.3, -0.25) is 4.79 Å². The number of carboxylic acid groups (broad SMARTS) is 1. The Morgan fingerprint density at radius 2 is 1.58 bits per heavy atom. The minimum absolute atomic E-state index is 0.0153. The topological polar surface area (TPSA) is 78.9 Å². The fourth-order valence-electron chi connectivity index (χ4n) is 7.36. The molecule has 0 unspecified atom stereocenters. The summed E-state index contributed by atoms with van der Waals surface area (Å²) in [7, 11) is 1.68. The van der Waals surface area contributed by atoms with Crippen LogP contribution in [0.3, 0.4) is 0 Å². The molecule has 2 N–H and O–H groups in total. The maximum atomic E-state index is 14.3. The van der Waals surface area contributed by atoms with Crippen molar-refractivity contribution in [1.29, 1.82) is 0 Å². The van der Waals surface area contributed by atoms with E-state index in [2.05, 4.69) is 69.4 Å². The molecule has 43 heavy (non-hydrogen) atoms. The number of hydrogen-bond acceptors (Lipinski definition) is 4. The van der Waals surface area contributed by atoms with Gasteiger partial charge in [0.1, 0.15) is 11.8 Å². The number of likely N-dealkylation sites (tertiary alicyclic amines) is 1. The quantitative estimate of drug-likeness (QED) is 0.289. The van der Waals surface area contributed by atoms with Crippen molar-refractivity contribution in [2.24, 2.45) is 17.3 Å². The van der Waals surface area contributed by atoms with Crippen LogP contribution in [0.25, 0.3) is 11.1 Å². The van der Waals surface area contributed by atoms with Crippen molar-refractivity contribution in [3.8, 4) is 16.9 Å². The van der Waals surface area contributed by atoms with Crippen molar-refractivity contribution in [3.05, 3.63) is 89.5 Å². The normalized spacial score (nSPS) is 22.9. The lowest BCUT2D eigenvalue weighted by atomic mass is 9.72. The molecule has 0 spiro atoms. The highest BCUT2D eigenvalue weighted by Gasteiger charge is 2.58. The van der Waals surface area contributed by atoms with Crippen molar-refractivity contribution in [2.45, 2.75) is 84.5 Å². The summed E-state index contributed by atoms with van der Waals surface area (Å²) in [5.74, 6) is -0.636. The molecule has 0 radical (unpaired) electrons. The zero-order valence-electron chi connectivity index (χ0n) is 26.2. The molecule has 3 aromatic carbocycles. The van der Waals surface area contributed by atoms with Crippen molar-refractivity contribution < 1.29 is 19.4 Å². The molecule has 1 saturated carbocycles. The number of amides is 1. The molecule has 0 aromatic heterocycles. The number of methoxy groups -OCH3 is 1. The van der Waals surface area contributed by atoms with Crippen LogP contribution in [0.15, 0.2) is 72.8 Å². The summed E-state index contributed by atoms with van der Waals surface area (Å²) in [6, 6.07) is 23.0. The first-order valence-electron chi connectivity index (χ1n) is 15.7. The Morgan fingerprint density at radius 1 is 0.930 bits per heavy atom. The van der Waals surface area contributed by atoms with Gasteiger partial charge in [-0.2, -0.15) is 0 Å². The third-order valence-electron chi connectivity index (χ3n) is 9.46. The van der Waals surface area contributed by atoms with Crippen LogP contribution in [-0.4, -0.2) is 41.1 Å². The highest BCUT2D eigenvalue weighted by molar-refractivity contribution is 5.87. The van der Waals surface area contributed by atoms with E-state index in [1.165, 1.54) is 5.56 Å². The molecule has 6 heteroatoms. The van der Waals surface area contributed by atoms with E-state index in [0.717, 1.165) is 60.1 Å². The monoisotopic (exact) mass is 582 g/mol. The number of hydrogen-bond donors (Lipinski definition) is 2. The van der Waals surface area contributed by atoms with Gasteiger partial charge >= 0.3 is 5.97 Å². The maximum absolute atomic E-state index is 14.3. The van der Waals surface area contributed by atoms with Crippen LogP contribution in [0.1, 0.15) is 75.6 Å². The first-order valence-corrected chi connectivity index (χ1v) is 15.7. The number of nitrogens with zero attached hydrogens (tertiary/aromatic N) is 1. The molecule has 1 heterocycles. The molecule has 4 atom stereocenters. The lowest BCUT2D eigenvalue weighted by Crippen LogP contribution is -2.49.